The highest BCUT2D eigenvalue weighted by atomic mass is 19.1. The Morgan fingerprint density at radius 3 is 2.91 bits per heavy atom. The molecule has 0 amide bonds. The normalized spacial score (nSPS) is 22.4. The van der Waals surface area contributed by atoms with Gasteiger partial charge in [0.15, 0.2) is 17.0 Å². The standard InChI is InChI=1S/C24H23FN6O2/c1-3-18(25)14-6-4-5-13(7-14)15-8-16-17(9-15)20(16)22-28-19(33-29-22)10-31-12-27-23-21(24(31)32)30(2)11-26-23/h4-8,11-12,16-18,20H,3,9-10H2,1-2H3/t16-,17+,18?,20+/m0/s1. The minimum atomic E-state index is -0.923. The third-order valence-electron chi connectivity index (χ3n) is 6.84. The first kappa shape index (κ1) is 20.0. The fourth-order valence-electron chi connectivity index (χ4n) is 4.99. The Kier molecular flexibility index (Phi) is 4.53. The topological polar surface area (TPSA) is 91.6 Å². The molecule has 1 unspecified atom stereocenters. The second-order valence-corrected chi connectivity index (χ2v) is 8.92. The predicted molar refractivity (Wildman–Crippen MR) is 119 cm³/mol. The van der Waals surface area contributed by atoms with Crippen LogP contribution < -0.4 is 5.56 Å². The monoisotopic (exact) mass is 446 g/mol. The molecule has 2 aliphatic carbocycles. The number of nitrogens with zero attached hydrogens (tertiary/aromatic N) is 6. The van der Waals surface area contributed by atoms with Crippen molar-refractivity contribution in [2.75, 3.05) is 0 Å². The first-order valence-corrected chi connectivity index (χ1v) is 11.2. The Bertz CT molecular complexity index is 1450. The predicted octanol–water partition coefficient (Wildman–Crippen LogP) is 3.80. The van der Waals surface area contributed by atoms with Gasteiger partial charge in [0.1, 0.15) is 19.0 Å². The van der Waals surface area contributed by atoms with Gasteiger partial charge in [0, 0.05) is 13.0 Å². The van der Waals surface area contributed by atoms with Gasteiger partial charge in [-0.1, -0.05) is 36.4 Å². The molecule has 4 aromatic rings. The quantitative estimate of drug-likeness (QED) is 0.447. The molecule has 0 bridgehead atoms. The van der Waals surface area contributed by atoms with E-state index in [1.54, 1.807) is 17.9 Å². The van der Waals surface area contributed by atoms with Crippen molar-refractivity contribution in [1.82, 2.24) is 29.2 Å². The van der Waals surface area contributed by atoms with E-state index in [-0.39, 0.29) is 18.0 Å². The van der Waals surface area contributed by atoms with Crippen LogP contribution in [-0.2, 0) is 13.6 Å². The number of rotatable bonds is 6. The average molecular weight is 446 g/mol. The van der Waals surface area contributed by atoms with Crippen LogP contribution in [0.4, 0.5) is 4.39 Å². The molecule has 4 atom stereocenters. The summed E-state index contributed by atoms with van der Waals surface area (Å²) in [6, 6.07) is 7.80. The van der Waals surface area contributed by atoms with Gasteiger partial charge in [-0.3, -0.25) is 9.36 Å². The minimum absolute atomic E-state index is 0.164. The first-order valence-electron chi connectivity index (χ1n) is 11.2. The zero-order chi connectivity index (χ0) is 22.7. The number of allylic oxidation sites excluding steroid dienone is 2. The van der Waals surface area contributed by atoms with Crippen molar-refractivity contribution in [1.29, 1.82) is 0 Å². The fraction of sp³-hybridized carbons (Fsp3) is 0.375. The lowest BCUT2D eigenvalue weighted by molar-refractivity contribution is 0.334. The minimum Gasteiger partial charge on any atom is -0.337 e. The maximum absolute atomic E-state index is 14.1. The molecule has 1 aromatic carbocycles. The zero-order valence-electron chi connectivity index (χ0n) is 18.3. The molecule has 0 spiro atoms. The van der Waals surface area contributed by atoms with E-state index < -0.39 is 6.17 Å². The van der Waals surface area contributed by atoms with Crippen LogP contribution in [0.3, 0.4) is 0 Å². The summed E-state index contributed by atoms with van der Waals surface area (Å²) in [5, 5.41) is 4.18. The van der Waals surface area contributed by atoms with Crippen molar-refractivity contribution >= 4 is 16.7 Å². The van der Waals surface area contributed by atoms with Gasteiger partial charge in [0.2, 0.25) is 5.89 Å². The molecule has 0 aliphatic heterocycles. The number of hydrogen-bond donors (Lipinski definition) is 0. The Balaban J connectivity index is 1.18. The Hall–Kier alpha value is -3.62. The third-order valence-corrected chi connectivity index (χ3v) is 6.84. The highest BCUT2D eigenvalue weighted by molar-refractivity contribution is 5.71. The summed E-state index contributed by atoms with van der Waals surface area (Å²) >= 11 is 0. The number of halogens is 1. The average Bonchev–Trinajstić information content (AvgIpc) is 3.24. The summed E-state index contributed by atoms with van der Waals surface area (Å²) in [6.07, 6.45) is 5.78. The molecule has 3 heterocycles. The van der Waals surface area contributed by atoms with E-state index in [0.717, 1.165) is 17.5 Å². The van der Waals surface area contributed by atoms with Crippen molar-refractivity contribution < 1.29 is 8.91 Å². The lowest BCUT2D eigenvalue weighted by atomic mass is 9.97. The van der Waals surface area contributed by atoms with E-state index in [0.29, 0.717) is 41.1 Å². The number of hydrogen-bond acceptors (Lipinski definition) is 6. The summed E-state index contributed by atoms with van der Waals surface area (Å²) in [5.74, 6) is 2.11. The van der Waals surface area contributed by atoms with Gasteiger partial charge in [-0.2, -0.15) is 4.98 Å². The van der Waals surface area contributed by atoms with E-state index in [1.807, 2.05) is 25.1 Å². The van der Waals surface area contributed by atoms with Crippen LogP contribution in [0, 0.1) is 11.8 Å². The Labute approximate surface area is 188 Å². The largest absolute Gasteiger partial charge is 0.337 e. The molecule has 0 N–H and O–H groups in total. The van der Waals surface area contributed by atoms with Gasteiger partial charge in [0.05, 0.1) is 6.33 Å². The van der Waals surface area contributed by atoms with E-state index in [4.69, 9.17) is 4.52 Å². The van der Waals surface area contributed by atoms with E-state index in [2.05, 4.69) is 32.3 Å². The molecular weight excluding hydrogens is 423 g/mol. The van der Waals surface area contributed by atoms with Crippen molar-refractivity contribution in [3.8, 4) is 0 Å². The summed E-state index contributed by atoms with van der Waals surface area (Å²) in [4.78, 5) is 25.6. The number of alkyl halides is 1. The highest BCUT2D eigenvalue weighted by Gasteiger charge is 2.55. The molecule has 0 saturated heterocycles. The van der Waals surface area contributed by atoms with Crippen LogP contribution >= 0.6 is 0 Å². The lowest BCUT2D eigenvalue weighted by Gasteiger charge is -2.10. The van der Waals surface area contributed by atoms with Crippen LogP contribution in [0.25, 0.3) is 16.7 Å². The molecule has 168 valence electrons. The number of fused-ring (bicyclic) bond motifs is 2. The van der Waals surface area contributed by atoms with Gasteiger partial charge in [-0.15, -0.1) is 0 Å². The SMILES string of the molecule is CCC(F)c1cccc(C2=C[C@H]3[C@@H](C2)[C@@H]3c2noc(Cn3cnc4ncn(C)c4c3=O)n2)c1. The molecule has 0 radical (unpaired) electrons. The summed E-state index contributed by atoms with van der Waals surface area (Å²) < 4.78 is 22.6. The highest BCUT2D eigenvalue weighted by Crippen LogP contribution is 2.62. The summed E-state index contributed by atoms with van der Waals surface area (Å²) in [6.45, 7) is 2.02. The smallest absolute Gasteiger partial charge is 0.280 e. The summed E-state index contributed by atoms with van der Waals surface area (Å²) in [7, 11) is 1.76. The molecule has 2 aliphatic rings. The van der Waals surface area contributed by atoms with Crippen molar-refractivity contribution in [3.05, 3.63) is 76.2 Å². The second kappa shape index (κ2) is 7.47. The Morgan fingerprint density at radius 2 is 2.12 bits per heavy atom. The Morgan fingerprint density at radius 1 is 1.27 bits per heavy atom. The van der Waals surface area contributed by atoms with Gasteiger partial charge in [0.25, 0.3) is 5.56 Å². The van der Waals surface area contributed by atoms with Gasteiger partial charge in [-0.25, -0.2) is 14.4 Å². The first-order chi connectivity index (χ1) is 16.0. The third kappa shape index (κ3) is 3.30. The lowest BCUT2D eigenvalue weighted by Crippen LogP contribution is -2.22. The van der Waals surface area contributed by atoms with Crippen LogP contribution in [0.1, 0.15) is 54.7 Å². The molecular formula is C24H23FN6O2. The van der Waals surface area contributed by atoms with Crippen molar-refractivity contribution in [2.24, 2.45) is 18.9 Å². The van der Waals surface area contributed by atoms with E-state index in [1.165, 1.54) is 16.5 Å². The number of aromatic nitrogens is 6. The molecule has 8 nitrogen and oxygen atoms in total. The number of imidazole rings is 1. The van der Waals surface area contributed by atoms with Crippen LogP contribution in [0.2, 0.25) is 0 Å². The number of benzene rings is 1. The molecule has 9 heteroatoms. The van der Waals surface area contributed by atoms with Crippen molar-refractivity contribution in [2.45, 2.75) is 38.4 Å². The van der Waals surface area contributed by atoms with Gasteiger partial charge < -0.3 is 9.09 Å². The van der Waals surface area contributed by atoms with Crippen LogP contribution in [0.15, 0.2) is 52.3 Å². The molecule has 33 heavy (non-hydrogen) atoms. The van der Waals surface area contributed by atoms with E-state index in [9.17, 15) is 9.18 Å². The molecule has 1 saturated carbocycles. The van der Waals surface area contributed by atoms with Gasteiger partial charge in [-0.05, 0) is 47.4 Å². The van der Waals surface area contributed by atoms with Gasteiger partial charge >= 0.3 is 0 Å². The maximum Gasteiger partial charge on any atom is 0.280 e. The van der Waals surface area contributed by atoms with Crippen molar-refractivity contribution in [3.63, 3.8) is 0 Å². The fourth-order valence-corrected chi connectivity index (χ4v) is 4.99. The number of aryl methyl sites for hydroxylation is 1. The molecule has 1 fully saturated rings. The molecule has 6 rings (SSSR count). The zero-order valence-corrected chi connectivity index (χ0v) is 18.3. The second-order valence-electron chi connectivity index (χ2n) is 8.92. The van der Waals surface area contributed by atoms with Crippen LogP contribution in [-0.4, -0.2) is 29.2 Å². The maximum atomic E-state index is 14.1. The summed E-state index contributed by atoms with van der Waals surface area (Å²) in [5.41, 5.74) is 3.76. The van der Waals surface area contributed by atoms with Crippen LogP contribution in [0.5, 0.6) is 0 Å². The van der Waals surface area contributed by atoms with E-state index >= 15 is 0 Å². The molecule has 3 aromatic heterocycles.